The summed E-state index contributed by atoms with van der Waals surface area (Å²) in [6.45, 7) is 6.90. The SMILES string of the molecule is CC(C)(C)C1CCC(c2cc(NC(=O)[C@@H](N)CCC(=O)O)n[nH]2)CC1. The molecule has 2 rings (SSSR count). The number of hydrogen-bond acceptors (Lipinski definition) is 4. The van der Waals surface area contributed by atoms with Crippen molar-refractivity contribution >= 4 is 17.7 Å². The molecule has 1 heterocycles. The Morgan fingerprint density at radius 3 is 2.56 bits per heavy atom. The van der Waals surface area contributed by atoms with Gasteiger partial charge in [0.15, 0.2) is 5.82 Å². The van der Waals surface area contributed by atoms with E-state index in [4.69, 9.17) is 10.8 Å². The molecular weight excluding hydrogens is 320 g/mol. The molecule has 1 atom stereocenters. The normalized spacial score (nSPS) is 22.4. The van der Waals surface area contributed by atoms with Crippen LogP contribution >= 0.6 is 0 Å². The van der Waals surface area contributed by atoms with E-state index in [-0.39, 0.29) is 12.8 Å². The molecule has 7 heteroatoms. The third kappa shape index (κ3) is 5.56. The summed E-state index contributed by atoms with van der Waals surface area (Å²) in [5.41, 5.74) is 7.10. The minimum atomic E-state index is -0.962. The number of amides is 1. The topological polar surface area (TPSA) is 121 Å². The van der Waals surface area contributed by atoms with Crippen LogP contribution in [0.15, 0.2) is 6.07 Å². The van der Waals surface area contributed by atoms with Crippen LogP contribution in [0.2, 0.25) is 0 Å². The van der Waals surface area contributed by atoms with Crippen molar-refractivity contribution in [3.8, 4) is 0 Å². The highest BCUT2D eigenvalue weighted by molar-refractivity contribution is 5.94. The molecule has 0 aliphatic heterocycles. The molecule has 7 nitrogen and oxygen atoms in total. The van der Waals surface area contributed by atoms with Crippen molar-refractivity contribution in [1.29, 1.82) is 0 Å². The van der Waals surface area contributed by atoms with E-state index in [0.29, 0.717) is 17.2 Å². The number of carboxylic acid groups (broad SMARTS) is 1. The van der Waals surface area contributed by atoms with Gasteiger partial charge in [-0.3, -0.25) is 14.7 Å². The molecule has 1 aliphatic carbocycles. The van der Waals surface area contributed by atoms with Gasteiger partial charge >= 0.3 is 5.97 Å². The molecule has 0 bridgehead atoms. The van der Waals surface area contributed by atoms with Crippen LogP contribution in [0.3, 0.4) is 0 Å². The number of carboxylic acids is 1. The van der Waals surface area contributed by atoms with E-state index in [0.717, 1.165) is 24.5 Å². The summed E-state index contributed by atoms with van der Waals surface area (Å²) in [6, 6.07) is 1.02. The van der Waals surface area contributed by atoms with Crippen LogP contribution in [-0.4, -0.2) is 33.2 Å². The fraction of sp³-hybridized carbons (Fsp3) is 0.722. The van der Waals surface area contributed by atoms with E-state index in [2.05, 4.69) is 36.3 Å². The highest BCUT2D eigenvalue weighted by Gasteiger charge is 2.31. The zero-order valence-corrected chi connectivity index (χ0v) is 15.3. The van der Waals surface area contributed by atoms with E-state index in [1.807, 2.05) is 6.07 Å². The Morgan fingerprint density at radius 1 is 1.36 bits per heavy atom. The Balaban J connectivity index is 1.86. The fourth-order valence-corrected chi connectivity index (χ4v) is 3.51. The van der Waals surface area contributed by atoms with E-state index < -0.39 is 17.9 Å². The molecule has 1 saturated carbocycles. The van der Waals surface area contributed by atoms with Crippen LogP contribution in [-0.2, 0) is 9.59 Å². The van der Waals surface area contributed by atoms with Crippen molar-refractivity contribution in [1.82, 2.24) is 10.2 Å². The van der Waals surface area contributed by atoms with Gasteiger partial charge in [0.05, 0.1) is 6.04 Å². The molecule has 0 aromatic carbocycles. The first-order valence-electron chi connectivity index (χ1n) is 9.00. The highest BCUT2D eigenvalue weighted by atomic mass is 16.4. The summed E-state index contributed by atoms with van der Waals surface area (Å²) in [6.07, 6.45) is 4.63. The summed E-state index contributed by atoms with van der Waals surface area (Å²) in [4.78, 5) is 22.5. The number of hydrogen-bond donors (Lipinski definition) is 4. The number of nitrogens with zero attached hydrogens (tertiary/aromatic N) is 1. The lowest BCUT2D eigenvalue weighted by atomic mass is 9.69. The van der Waals surface area contributed by atoms with Crippen molar-refractivity contribution in [3.63, 3.8) is 0 Å². The lowest BCUT2D eigenvalue weighted by Gasteiger charge is -2.36. The minimum absolute atomic E-state index is 0.106. The fourth-order valence-electron chi connectivity index (χ4n) is 3.51. The van der Waals surface area contributed by atoms with Gasteiger partial charge in [0.2, 0.25) is 5.91 Å². The second-order valence-electron chi connectivity index (χ2n) is 8.15. The maximum Gasteiger partial charge on any atom is 0.303 e. The van der Waals surface area contributed by atoms with E-state index in [9.17, 15) is 9.59 Å². The van der Waals surface area contributed by atoms with Crippen LogP contribution in [0.4, 0.5) is 5.82 Å². The molecular formula is C18H30N4O3. The van der Waals surface area contributed by atoms with Gasteiger partial charge in [-0.1, -0.05) is 20.8 Å². The van der Waals surface area contributed by atoms with Crippen LogP contribution in [0.1, 0.15) is 70.9 Å². The van der Waals surface area contributed by atoms with Gasteiger partial charge in [0.1, 0.15) is 0 Å². The van der Waals surface area contributed by atoms with Gasteiger partial charge in [-0.2, -0.15) is 5.10 Å². The van der Waals surface area contributed by atoms with Crippen molar-refractivity contribution in [2.45, 2.75) is 71.3 Å². The molecule has 5 N–H and O–H groups in total. The molecule has 1 amide bonds. The smallest absolute Gasteiger partial charge is 0.303 e. The van der Waals surface area contributed by atoms with Gasteiger partial charge in [-0.15, -0.1) is 0 Å². The predicted molar refractivity (Wildman–Crippen MR) is 96.2 cm³/mol. The molecule has 0 saturated heterocycles. The Kier molecular flexibility index (Phi) is 6.21. The molecule has 1 fully saturated rings. The van der Waals surface area contributed by atoms with Crippen molar-refractivity contribution in [3.05, 3.63) is 11.8 Å². The molecule has 1 aromatic heterocycles. The van der Waals surface area contributed by atoms with Crippen molar-refractivity contribution in [2.24, 2.45) is 17.1 Å². The number of carbonyl (C=O) groups is 2. The zero-order valence-electron chi connectivity index (χ0n) is 15.3. The number of H-pyrrole nitrogens is 1. The molecule has 25 heavy (non-hydrogen) atoms. The lowest BCUT2D eigenvalue weighted by molar-refractivity contribution is -0.137. The largest absolute Gasteiger partial charge is 0.481 e. The average Bonchev–Trinajstić information content (AvgIpc) is 3.00. The van der Waals surface area contributed by atoms with Crippen LogP contribution in [0, 0.1) is 11.3 Å². The number of nitrogens with one attached hydrogen (secondary N) is 2. The van der Waals surface area contributed by atoms with E-state index in [1.165, 1.54) is 12.8 Å². The van der Waals surface area contributed by atoms with Gasteiger partial charge < -0.3 is 16.2 Å². The molecule has 140 valence electrons. The standard InChI is InChI=1S/C18H30N4O3/c1-18(2,3)12-6-4-11(5-7-12)14-10-15(22-21-14)20-17(25)13(19)8-9-16(23)24/h10-13H,4-9,19H2,1-3H3,(H,23,24)(H2,20,21,22,25)/t11?,12?,13-/m0/s1. The summed E-state index contributed by atoms with van der Waals surface area (Å²) in [5, 5.41) is 18.5. The highest BCUT2D eigenvalue weighted by Crippen LogP contribution is 2.42. The number of aliphatic carboxylic acids is 1. The van der Waals surface area contributed by atoms with Gasteiger partial charge in [0.25, 0.3) is 0 Å². The maximum atomic E-state index is 12.0. The third-order valence-electron chi connectivity index (χ3n) is 5.25. The second-order valence-corrected chi connectivity index (χ2v) is 8.15. The predicted octanol–water partition coefficient (Wildman–Crippen LogP) is 2.86. The maximum absolute atomic E-state index is 12.0. The van der Waals surface area contributed by atoms with Crippen LogP contribution in [0.25, 0.3) is 0 Å². The molecule has 0 radical (unpaired) electrons. The van der Waals surface area contributed by atoms with Gasteiger partial charge in [-0.05, 0) is 43.4 Å². The number of nitrogens with two attached hydrogens (primary N) is 1. The summed E-state index contributed by atoms with van der Waals surface area (Å²) >= 11 is 0. The Labute approximate surface area is 148 Å². The number of anilines is 1. The third-order valence-corrected chi connectivity index (χ3v) is 5.25. The average molecular weight is 350 g/mol. The van der Waals surface area contributed by atoms with Crippen molar-refractivity contribution < 1.29 is 14.7 Å². The number of aromatic nitrogens is 2. The summed E-state index contributed by atoms with van der Waals surface area (Å²) < 4.78 is 0. The first-order chi connectivity index (χ1) is 11.7. The Bertz CT molecular complexity index is 598. The quantitative estimate of drug-likeness (QED) is 0.628. The number of aromatic amines is 1. The first-order valence-corrected chi connectivity index (χ1v) is 9.00. The first kappa shape index (κ1) is 19.4. The van der Waals surface area contributed by atoms with E-state index in [1.54, 1.807) is 0 Å². The lowest BCUT2D eigenvalue weighted by Crippen LogP contribution is -2.36. The van der Waals surface area contributed by atoms with E-state index >= 15 is 0 Å². The minimum Gasteiger partial charge on any atom is -0.481 e. The molecule has 1 aliphatic rings. The second kappa shape index (κ2) is 7.99. The molecule has 0 unspecified atom stereocenters. The van der Waals surface area contributed by atoms with Crippen LogP contribution < -0.4 is 11.1 Å². The van der Waals surface area contributed by atoms with Gasteiger partial charge in [-0.25, -0.2) is 0 Å². The zero-order chi connectivity index (χ0) is 18.6. The number of rotatable bonds is 6. The number of carbonyl (C=O) groups excluding carboxylic acids is 1. The molecule has 0 spiro atoms. The molecule has 1 aromatic rings. The van der Waals surface area contributed by atoms with Crippen molar-refractivity contribution in [2.75, 3.05) is 5.32 Å². The summed E-state index contributed by atoms with van der Waals surface area (Å²) in [7, 11) is 0. The Morgan fingerprint density at radius 2 is 2.00 bits per heavy atom. The Hall–Kier alpha value is -1.89. The summed E-state index contributed by atoms with van der Waals surface area (Å²) in [5.74, 6) is 0.270. The monoisotopic (exact) mass is 350 g/mol. The van der Waals surface area contributed by atoms with Gasteiger partial charge in [0, 0.05) is 24.1 Å². The van der Waals surface area contributed by atoms with Crippen LogP contribution in [0.5, 0.6) is 0 Å².